The Hall–Kier alpha value is -2.28. The quantitative estimate of drug-likeness (QED) is 0.383. The van der Waals surface area contributed by atoms with Gasteiger partial charge >= 0.3 is 0 Å². The molecule has 0 saturated heterocycles. The van der Waals surface area contributed by atoms with E-state index in [1.165, 1.54) is 4.90 Å². The molecule has 7 nitrogen and oxygen atoms in total. The van der Waals surface area contributed by atoms with Crippen LogP contribution in [0.4, 0.5) is 5.69 Å². The number of amides is 1. The van der Waals surface area contributed by atoms with Gasteiger partial charge in [-0.05, 0) is 18.6 Å². The molecule has 0 aliphatic rings. The summed E-state index contributed by atoms with van der Waals surface area (Å²) in [6.45, 7) is 4.22. The monoisotopic (exact) mass is 350 g/mol. The van der Waals surface area contributed by atoms with Gasteiger partial charge in [-0.2, -0.15) is 0 Å². The van der Waals surface area contributed by atoms with Crippen LogP contribution in [-0.2, 0) is 9.53 Å². The van der Waals surface area contributed by atoms with Crippen LogP contribution in [0.2, 0.25) is 0 Å². The largest absolute Gasteiger partial charge is 0.493 e. The lowest BCUT2D eigenvalue weighted by Crippen LogP contribution is -2.33. The molecule has 7 heteroatoms. The minimum Gasteiger partial charge on any atom is -0.493 e. The number of anilines is 1. The van der Waals surface area contributed by atoms with Crippen molar-refractivity contribution in [2.75, 3.05) is 52.8 Å². The first kappa shape index (κ1) is 20.8. The van der Waals surface area contributed by atoms with Gasteiger partial charge in [0.15, 0.2) is 5.96 Å². The van der Waals surface area contributed by atoms with Crippen molar-refractivity contribution in [3.8, 4) is 5.75 Å². The summed E-state index contributed by atoms with van der Waals surface area (Å²) < 4.78 is 10.7. The molecule has 1 rings (SSSR count). The number of carbonyl (C=O) groups excluding carboxylic acids is 1. The Morgan fingerprint density at radius 2 is 2.08 bits per heavy atom. The third kappa shape index (κ3) is 8.95. The van der Waals surface area contributed by atoms with Gasteiger partial charge < -0.3 is 25.0 Å². The molecule has 0 aliphatic carbocycles. The number of methoxy groups -OCH3 is 1. The van der Waals surface area contributed by atoms with Gasteiger partial charge in [0.2, 0.25) is 5.91 Å². The Balaban J connectivity index is 2.68. The molecule has 0 saturated carbocycles. The Bertz CT molecular complexity index is 547. The lowest BCUT2D eigenvalue weighted by molar-refractivity contribution is -0.127. The molecule has 0 heterocycles. The number of hydrogen-bond acceptors (Lipinski definition) is 4. The van der Waals surface area contributed by atoms with Crippen LogP contribution in [-0.4, -0.2) is 64.3 Å². The average Bonchev–Trinajstić information content (AvgIpc) is 2.61. The fourth-order valence-electron chi connectivity index (χ4n) is 1.86. The SMILES string of the molecule is CCCNC(=NCC(=O)N(C)C)Nc1cccc(OCCCOC)c1. The van der Waals surface area contributed by atoms with Gasteiger partial charge in [-0.3, -0.25) is 4.79 Å². The van der Waals surface area contributed by atoms with Gasteiger partial charge in [-0.25, -0.2) is 4.99 Å². The molecule has 0 aromatic heterocycles. The smallest absolute Gasteiger partial charge is 0.243 e. The minimum absolute atomic E-state index is 0.0483. The second-order valence-corrected chi connectivity index (χ2v) is 5.73. The van der Waals surface area contributed by atoms with E-state index in [0.29, 0.717) is 19.2 Å². The summed E-state index contributed by atoms with van der Waals surface area (Å²) in [5.41, 5.74) is 0.851. The number of aliphatic imine (C=N–C) groups is 1. The Morgan fingerprint density at radius 1 is 1.28 bits per heavy atom. The molecular formula is C18H30N4O3. The van der Waals surface area contributed by atoms with E-state index in [2.05, 4.69) is 22.5 Å². The van der Waals surface area contributed by atoms with Gasteiger partial charge in [-0.1, -0.05) is 13.0 Å². The van der Waals surface area contributed by atoms with E-state index in [9.17, 15) is 4.79 Å². The van der Waals surface area contributed by atoms with Crippen LogP contribution in [0, 0.1) is 0 Å². The standard InChI is InChI=1S/C18H30N4O3/c1-5-10-19-18(20-14-17(23)22(2)3)21-15-8-6-9-16(13-15)25-12-7-11-24-4/h6,8-9,13H,5,7,10-12,14H2,1-4H3,(H2,19,20,21). The highest BCUT2D eigenvalue weighted by Crippen LogP contribution is 2.17. The topological polar surface area (TPSA) is 75.2 Å². The highest BCUT2D eigenvalue weighted by Gasteiger charge is 2.05. The van der Waals surface area contributed by atoms with Crippen LogP contribution in [0.5, 0.6) is 5.75 Å². The molecule has 1 aromatic carbocycles. The van der Waals surface area contributed by atoms with E-state index < -0.39 is 0 Å². The number of benzene rings is 1. The number of nitrogens with one attached hydrogen (secondary N) is 2. The van der Waals surface area contributed by atoms with Crippen molar-refractivity contribution in [2.24, 2.45) is 4.99 Å². The average molecular weight is 350 g/mol. The highest BCUT2D eigenvalue weighted by atomic mass is 16.5. The second-order valence-electron chi connectivity index (χ2n) is 5.73. The number of guanidine groups is 1. The van der Waals surface area contributed by atoms with Gasteiger partial charge in [0.25, 0.3) is 0 Å². The lowest BCUT2D eigenvalue weighted by atomic mass is 10.3. The maximum absolute atomic E-state index is 11.7. The van der Waals surface area contributed by atoms with Crippen molar-refractivity contribution in [3.63, 3.8) is 0 Å². The van der Waals surface area contributed by atoms with Crippen molar-refractivity contribution in [1.29, 1.82) is 0 Å². The summed E-state index contributed by atoms with van der Waals surface area (Å²) in [6, 6.07) is 7.66. The predicted molar refractivity (Wildman–Crippen MR) is 101 cm³/mol. The Morgan fingerprint density at radius 3 is 2.76 bits per heavy atom. The van der Waals surface area contributed by atoms with E-state index in [4.69, 9.17) is 9.47 Å². The van der Waals surface area contributed by atoms with E-state index in [-0.39, 0.29) is 12.5 Å². The predicted octanol–water partition coefficient (Wildman–Crippen LogP) is 1.96. The third-order valence-corrected chi connectivity index (χ3v) is 3.27. The van der Waals surface area contributed by atoms with Crippen molar-refractivity contribution >= 4 is 17.6 Å². The second kappa shape index (κ2) is 12.1. The van der Waals surface area contributed by atoms with E-state index >= 15 is 0 Å². The summed E-state index contributed by atoms with van der Waals surface area (Å²) in [6.07, 6.45) is 1.80. The zero-order valence-electron chi connectivity index (χ0n) is 15.7. The molecule has 1 aromatic rings. The number of ether oxygens (including phenoxy) is 2. The molecule has 2 N–H and O–H groups in total. The maximum atomic E-state index is 11.7. The number of carbonyl (C=O) groups is 1. The van der Waals surface area contributed by atoms with Crippen LogP contribution in [0.15, 0.2) is 29.3 Å². The van der Waals surface area contributed by atoms with Crippen LogP contribution in [0.3, 0.4) is 0 Å². The van der Waals surface area contributed by atoms with Gasteiger partial charge in [0, 0.05) is 52.5 Å². The van der Waals surface area contributed by atoms with Crippen molar-refractivity contribution in [1.82, 2.24) is 10.2 Å². The lowest BCUT2D eigenvalue weighted by Gasteiger charge is -2.14. The molecule has 0 atom stereocenters. The molecular weight excluding hydrogens is 320 g/mol. The van der Waals surface area contributed by atoms with Gasteiger partial charge in [0.05, 0.1) is 6.61 Å². The van der Waals surface area contributed by atoms with Gasteiger partial charge in [-0.15, -0.1) is 0 Å². The van der Waals surface area contributed by atoms with Crippen LogP contribution in [0.1, 0.15) is 19.8 Å². The third-order valence-electron chi connectivity index (χ3n) is 3.27. The molecule has 1 amide bonds. The zero-order valence-corrected chi connectivity index (χ0v) is 15.7. The van der Waals surface area contributed by atoms with E-state index in [1.807, 2.05) is 24.3 Å². The van der Waals surface area contributed by atoms with Crippen molar-refractivity contribution in [2.45, 2.75) is 19.8 Å². The summed E-state index contributed by atoms with van der Waals surface area (Å²) in [7, 11) is 5.11. The van der Waals surface area contributed by atoms with Crippen LogP contribution in [0.25, 0.3) is 0 Å². The number of nitrogens with zero attached hydrogens (tertiary/aromatic N) is 2. The van der Waals surface area contributed by atoms with E-state index in [1.54, 1.807) is 21.2 Å². The molecule has 0 unspecified atom stereocenters. The van der Waals surface area contributed by atoms with Crippen molar-refractivity contribution in [3.05, 3.63) is 24.3 Å². The minimum atomic E-state index is -0.0483. The summed E-state index contributed by atoms with van der Waals surface area (Å²) >= 11 is 0. The Kier molecular flexibility index (Phi) is 10.1. The fourth-order valence-corrected chi connectivity index (χ4v) is 1.86. The summed E-state index contributed by atoms with van der Waals surface area (Å²) in [4.78, 5) is 17.6. The first-order valence-corrected chi connectivity index (χ1v) is 8.54. The van der Waals surface area contributed by atoms with Crippen molar-refractivity contribution < 1.29 is 14.3 Å². The summed E-state index contributed by atoms with van der Waals surface area (Å²) in [5.74, 6) is 1.31. The fraction of sp³-hybridized carbons (Fsp3) is 0.556. The van der Waals surface area contributed by atoms with Crippen LogP contribution >= 0.6 is 0 Å². The molecule has 0 radical (unpaired) electrons. The first-order valence-electron chi connectivity index (χ1n) is 8.54. The zero-order chi connectivity index (χ0) is 18.5. The maximum Gasteiger partial charge on any atom is 0.243 e. The number of likely N-dealkylation sites (N-methyl/N-ethyl adjacent to an activating group) is 1. The van der Waals surface area contributed by atoms with E-state index in [0.717, 1.165) is 30.8 Å². The normalized spacial score (nSPS) is 11.1. The number of hydrogen-bond donors (Lipinski definition) is 2. The molecule has 0 bridgehead atoms. The summed E-state index contributed by atoms with van der Waals surface area (Å²) in [5, 5.41) is 6.42. The molecule has 25 heavy (non-hydrogen) atoms. The Labute approximate surface area is 150 Å². The molecule has 140 valence electrons. The number of rotatable bonds is 10. The molecule has 0 fully saturated rings. The van der Waals surface area contributed by atoms with Crippen LogP contribution < -0.4 is 15.4 Å². The van der Waals surface area contributed by atoms with Gasteiger partial charge in [0.1, 0.15) is 12.3 Å². The molecule has 0 aliphatic heterocycles. The molecule has 0 spiro atoms. The highest BCUT2D eigenvalue weighted by molar-refractivity contribution is 5.95. The first-order chi connectivity index (χ1) is 12.1.